The van der Waals surface area contributed by atoms with Crippen LogP contribution in [0.2, 0.25) is 0 Å². The minimum absolute atomic E-state index is 0.309. The molecule has 36 heavy (non-hydrogen) atoms. The van der Waals surface area contributed by atoms with E-state index in [-0.39, 0.29) is 12.4 Å². The van der Waals surface area contributed by atoms with Crippen molar-refractivity contribution in [3.8, 4) is 11.4 Å². The number of nitrogens with one attached hydrogen (secondary N) is 1. The summed E-state index contributed by atoms with van der Waals surface area (Å²) < 4.78 is 26.2. The summed E-state index contributed by atoms with van der Waals surface area (Å²) in [6.45, 7) is 2.74. The highest BCUT2D eigenvalue weighted by atomic mass is 32.2. The number of halogens is 1. The van der Waals surface area contributed by atoms with Gasteiger partial charge in [0.05, 0.1) is 23.4 Å². The maximum absolute atomic E-state index is 13.3. The van der Waals surface area contributed by atoms with Gasteiger partial charge in [0.2, 0.25) is 0 Å². The molecule has 1 aromatic heterocycles. The number of ether oxygens (including phenoxy) is 2. The number of thioether (sulfide) groups is 1. The summed E-state index contributed by atoms with van der Waals surface area (Å²) in [7, 11) is 0. The van der Waals surface area contributed by atoms with Crippen LogP contribution in [-0.4, -0.2) is 40.6 Å². The van der Waals surface area contributed by atoms with Gasteiger partial charge in [-0.1, -0.05) is 12.1 Å². The number of hydrogen-bond acceptors (Lipinski definition) is 6. The number of nitrogens with zero attached hydrogens (tertiary/aromatic N) is 2. The third-order valence-electron chi connectivity index (χ3n) is 5.57. The average Bonchev–Trinajstić information content (AvgIpc) is 3.30. The van der Waals surface area contributed by atoms with Gasteiger partial charge in [0.25, 0.3) is 5.91 Å². The monoisotopic (exact) mass is 507 g/mol. The zero-order chi connectivity index (χ0) is 25.7. The first kappa shape index (κ1) is 25.2. The molecule has 0 radical (unpaired) electrons. The van der Waals surface area contributed by atoms with Gasteiger partial charge < -0.3 is 14.8 Å². The predicted octanol–water partition coefficient (Wildman–Crippen LogP) is 5.07. The van der Waals surface area contributed by atoms with E-state index in [0.717, 1.165) is 27.0 Å². The van der Waals surface area contributed by atoms with Crippen molar-refractivity contribution in [2.24, 2.45) is 0 Å². The fourth-order valence-corrected chi connectivity index (χ4v) is 4.22. The van der Waals surface area contributed by atoms with Crippen molar-refractivity contribution in [2.75, 3.05) is 12.9 Å². The second kappa shape index (κ2) is 11.3. The first-order chi connectivity index (χ1) is 17.3. The second-order valence-electron chi connectivity index (χ2n) is 8.20. The first-order valence-electron chi connectivity index (χ1n) is 11.3. The van der Waals surface area contributed by atoms with Gasteiger partial charge in [-0.15, -0.1) is 11.8 Å². The quantitative estimate of drug-likeness (QED) is 0.252. The Balaban J connectivity index is 1.59. The molecule has 0 bridgehead atoms. The molecule has 0 aliphatic rings. The highest BCUT2D eigenvalue weighted by molar-refractivity contribution is 7.98. The summed E-state index contributed by atoms with van der Waals surface area (Å²) in [5, 5.41) is 8.14. The van der Waals surface area contributed by atoms with Crippen molar-refractivity contribution < 1.29 is 23.5 Å². The summed E-state index contributed by atoms with van der Waals surface area (Å²) >= 11 is 1.64. The molecule has 186 valence electrons. The number of benzene rings is 3. The molecule has 7 nitrogen and oxygen atoms in total. The van der Waals surface area contributed by atoms with Crippen LogP contribution in [0.25, 0.3) is 16.6 Å². The zero-order valence-electron chi connectivity index (χ0n) is 20.1. The van der Waals surface area contributed by atoms with Gasteiger partial charge in [-0.3, -0.25) is 9.59 Å². The van der Waals surface area contributed by atoms with Crippen molar-refractivity contribution in [1.29, 1.82) is 0 Å². The fourth-order valence-electron chi connectivity index (χ4n) is 3.81. The topological polar surface area (TPSA) is 82.4 Å². The van der Waals surface area contributed by atoms with Crippen LogP contribution in [-0.2, 0) is 14.3 Å². The van der Waals surface area contributed by atoms with Crippen LogP contribution in [0.15, 0.2) is 77.8 Å². The van der Waals surface area contributed by atoms with Crippen molar-refractivity contribution in [1.82, 2.24) is 15.1 Å². The largest absolute Gasteiger partial charge is 0.484 e. The number of carbonyl (C=O) groups excluding carboxylic acids is 2. The maximum atomic E-state index is 13.3. The molecule has 1 amide bonds. The molecule has 0 aliphatic heterocycles. The van der Waals surface area contributed by atoms with Gasteiger partial charge >= 0.3 is 5.97 Å². The Hall–Kier alpha value is -3.85. The van der Waals surface area contributed by atoms with Gasteiger partial charge in [-0.05, 0) is 73.3 Å². The molecular weight excluding hydrogens is 481 g/mol. The minimum atomic E-state index is -0.521. The van der Waals surface area contributed by atoms with Crippen LogP contribution in [0.4, 0.5) is 4.39 Å². The third-order valence-corrected chi connectivity index (χ3v) is 6.31. The van der Waals surface area contributed by atoms with E-state index in [1.807, 2.05) is 55.6 Å². The summed E-state index contributed by atoms with van der Waals surface area (Å²) in [5.74, 6) is -0.645. The van der Waals surface area contributed by atoms with E-state index in [4.69, 9.17) is 9.47 Å². The Morgan fingerprint density at radius 1 is 1.08 bits per heavy atom. The summed E-state index contributed by atoms with van der Waals surface area (Å²) in [6.07, 6.45) is 3.21. The average molecular weight is 508 g/mol. The third kappa shape index (κ3) is 6.04. The number of fused-ring (bicyclic) bond motifs is 1. The Labute approximate surface area is 212 Å². The molecular formula is C27H26FN3O4S. The SMILES string of the molecule is CSc1ccc([C@@H](Oc2ccc3c(cnn3-c3ccc(F)cc3)c2)[C@H](C)NC(=O)COC(C)=O)cc1. The van der Waals surface area contributed by atoms with Crippen LogP contribution >= 0.6 is 11.8 Å². The van der Waals surface area contributed by atoms with Gasteiger partial charge in [0.15, 0.2) is 6.61 Å². The molecule has 0 unspecified atom stereocenters. The van der Waals surface area contributed by atoms with Gasteiger partial charge in [0.1, 0.15) is 17.7 Å². The molecule has 4 aromatic rings. The van der Waals surface area contributed by atoms with Crippen LogP contribution in [0.5, 0.6) is 5.75 Å². The molecule has 1 N–H and O–H groups in total. The first-order valence-corrected chi connectivity index (χ1v) is 12.5. The highest BCUT2D eigenvalue weighted by Gasteiger charge is 2.24. The molecule has 0 saturated carbocycles. The lowest BCUT2D eigenvalue weighted by Gasteiger charge is -2.26. The van der Waals surface area contributed by atoms with Gasteiger partial charge in [-0.25, -0.2) is 9.07 Å². The van der Waals surface area contributed by atoms with Crippen molar-refractivity contribution in [2.45, 2.75) is 30.9 Å². The number of hydrogen-bond donors (Lipinski definition) is 1. The molecule has 0 saturated heterocycles. The molecule has 4 rings (SSSR count). The Morgan fingerprint density at radius 2 is 1.81 bits per heavy atom. The van der Waals surface area contributed by atoms with Crippen LogP contribution in [0, 0.1) is 5.82 Å². The lowest BCUT2D eigenvalue weighted by atomic mass is 10.0. The number of rotatable bonds is 9. The van der Waals surface area contributed by atoms with E-state index in [9.17, 15) is 14.0 Å². The Morgan fingerprint density at radius 3 is 2.47 bits per heavy atom. The lowest BCUT2D eigenvalue weighted by Crippen LogP contribution is -2.41. The standard InChI is InChI=1S/C27H26FN3O4S/c1-17(30-26(33)16-34-18(2)32)27(19-4-11-24(36-3)12-5-19)35-23-10-13-25-20(14-23)15-29-31(25)22-8-6-21(28)7-9-22/h4-15,17,27H,16H2,1-3H3,(H,30,33)/t17-,27-/m0/s1. The van der Waals surface area contributed by atoms with E-state index in [1.54, 1.807) is 34.8 Å². The highest BCUT2D eigenvalue weighted by Crippen LogP contribution is 2.30. The van der Waals surface area contributed by atoms with Gasteiger partial charge in [-0.2, -0.15) is 5.10 Å². The van der Waals surface area contributed by atoms with E-state index in [1.165, 1.54) is 19.1 Å². The minimum Gasteiger partial charge on any atom is -0.484 e. The van der Waals surface area contributed by atoms with E-state index in [2.05, 4.69) is 10.4 Å². The second-order valence-corrected chi connectivity index (χ2v) is 9.08. The van der Waals surface area contributed by atoms with Crippen molar-refractivity contribution >= 4 is 34.5 Å². The van der Waals surface area contributed by atoms with Crippen LogP contribution in [0.1, 0.15) is 25.5 Å². The molecule has 2 atom stereocenters. The Kier molecular flexibility index (Phi) is 7.90. The number of aromatic nitrogens is 2. The van der Waals surface area contributed by atoms with Crippen molar-refractivity contribution in [3.63, 3.8) is 0 Å². The van der Waals surface area contributed by atoms with E-state index >= 15 is 0 Å². The Bertz CT molecular complexity index is 1360. The lowest BCUT2D eigenvalue weighted by molar-refractivity contribution is -0.146. The maximum Gasteiger partial charge on any atom is 0.303 e. The number of carbonyl (C=O) groups is 2. The zero-order valence-corrected chi connectivity index (χ0v) is 20.9. The van der Waals surface area contributed by atoms with Gasteiger partial charge in [0, 0.05) is 17.2 Å². The smallest absolute Gasteiger partial charge is 0.303 e. The molecule has 1 heterocycles. The predicted molar refractivity (Wildman–Crippen MR) is 137 cm³/mol. The van der Waals surface area contributed by atoms with E-state index in [0.29, 0.717) is 5.75 Å². The summed E-state index contributed by atoms with van der Waals surface area (Å²) in [6, 6.07) is 19.2. The van der Waals surface area contributed by atoms with Crippen molar-refractivity contribution in [3.05, 3.63) is 84.3 Å². The number of esters is 1. The molecule has 9 heteroatoms. The molecule has 0 aliphatic carbocycles. The fraction of sp³-hybridized carbons (Fsp3) is 0.222. The van der Waals surface area contributed by atoms with Crippen LogP contribution in [0.3, 0.4) is 0 Å². The van der Waals surface area contributed by atoms with E-state index < -0.39 is 24.0 Å². The molecule has 3 aromatic carbocycles. The molecule has 0 fully saturated rings. The van der Waals surface area contributed by atoms with Crippen LogP contribution < -0.4 is 10.1 Å². The molecule has 0 spiro atoms. The number of amides is 1. The summed E-state index contributed by atoms with van der Waals surface area (Å²) in [5.41, 5.74) is 2.48. The normalized spacial score (nSPS) is 12.7. The summed E-state index contributed by atoms with van der Waals surface area (Å²) in [4.78, 5) is 24.5.